The summed E-state index contributed by atoms with van der Waals surface area (Å²) >= 11 is 0. The van der Waals surface area contributed by atoms with Gasteiger partial charge < -0.3 is 4.74 Å². The van der Waals surface area contributed by atoms with Crippen LogP contribution < -0.4 is 9.04 Å². The van der Waals surface area contributed by atoms with E-state index in [0.29, 0.717) is 12.8 Å². The van der Waals surface area contributed by atoms with Gasteiger partial charge in [0.1, 0.15) is 5.75 Å². The van der Waals surface area contributed by atoms with Crippen molar-refractivity contribution in [3.63, 3.8) is 0 Å². The first-order valence-corrected chi connectivity index (χ1v) is 11.8. The third-order valence-electron chi connectivity index (χ3n) is 4.58. The number of benzene rings is 1. The number of unbranched alkanes of at least 4 members (excludes halogenated alkanes) is 6. The quantitative estimate of drug-likeness (QED) is 0.373. The zero-order chi connectivity index (χ0) is 23.6. The van der Waals surface area contributed by atoms with Gasteiger partial charge in [-0.25, -0.2) is 9.97 Å². The lowest BCUT2D eigenvalue weighted by molar-refractivity contribution is -0.118. The van der Waals surface area contributed by atoms with Crippen molar-refractivity contribution in [3.05, 3.63) is 42.7 Å². The number of alkyl halides is 3. The van der Waals surface area contributed by atoms with Gasteiger partial charge in [0.25, 0.3) is 0 Å². The molecule has 7 nitrogen and oxygen atoms in total. The van der Waals surface area contributed by atoms with Crippen LogP contribution in [0, 0.1) is 0 Å². The van der Waals surface area contributed by atoms with E-state index in [0.717, 1.165) is 44.2 Å². The van der Waals surface area contributed by atoms with E-state index in [1.165, 1.54) is 24.5 Å². The monoisotopic (exact) mass is 473 g/mol. The highest BCUT2D eigenvalue weighted by molar-refractivity contribution is 7.94. The summed E-state index contributed by atoms with van der Waals surface area (Å²) in [6.07, 6.45) is 8.58. The van der Waals surface area contributed by atoms with Crippen molar-refractivity contribution in [1.82, 2.24) is 9.97 Å². The Morgan fingerprint density at radius 2 is 1.53 bits per heavy atom. The van der Waals surface area contributed by atoms with Crippen molar-refractivity contribution in [3.8, 4) is 11.8 Å². The van der Waals surface area contributed by atoms with E-state index in [1.54, 1.807) is 6.07 Å². The number of nitrogens with zero attached hydrogens (tertiary/aromatic N) is 3. The topological polar surface area (TPSA) is 89.5 Å². The number of hydrogen-bond donors (Lipinski definition) is 0. The summed E-state index contributed by atoms with van der Waals surface area (Å²) in [5.74, 6) is -0.959. The van der Waals surface area contributed by atoms with Gasteiger partial charge in [0, 0.05) is 18.8 Å². The first kappa shape index (κ1) is 25.6. The Bertz CT molecular complexity index is 953. The predicted molar refractivity (Wildman–Crippen MR) is 114 cm³/mol. The molecule has 0 aliphatic carbocycles. The van der Waals surface area contributed by atoms with Crippen LogP contribution in [0.4, 0.5) is 18.9 Å². The molecule has 0 N–H and O–H groups in total. The van der Waals surface area contributed by atoms with Crippen LogP contribution in [0.3, 0.4) is 0 Å². The Hall–Kier alpha value is -2.69. The van der Waals surface area contributed by atoms with E-state index < -0.39 is 27.1 Å². The van der Waals surface area contributed by atoms with E-state index in [-0.39, 0.29) is 22.5 Å². The average molecular weight is 474 g/mol. The Labute approximate surface area is 185 Å². The van der Waals surface area contributed by atoms with E-state index in [9.17, 15) is 26.4 Å². The van der Waals surface area contributed by atoms with E-state index in [1.807, 2.05) is 0 Å². The second-order valence-corrected chi connectivity index (χ2v) is 8.89. The fraction of sp³-hybridized carbons (Fsp3) is 0.476. The fourth-order valence-electron chi connectivity index (χ4n) is 2.95. The Balaban J connectivity index is 2.12. The highest BCUT2D eigenvalue weighted by Crippen LogP contribution is 2.33. The SMILES string of the molecule is CCCCCCCCCC(=O)N(c1ccc(Oc2ncccn2)cc1)S(=O)(=O)C(F)(F)F. The van der Waals surface area contributed by atoms with Gasteiger partial charge in [-0.1, -0.05) is 45.4 Å². The van der Waals surface area contributed by atoms with E-state index in [4.69, 9.17) is 4.74 Å². The second kappa shape index (κ2) is 11.8. The normalized spacial score (nSPS) is 11.9. The molecule has 1 aromatic heterocycles. The summed E-state index contributed by atoms with van der Waals surface area (Å²) < 4.78 is 69.1. The molecule has 1 heterocycles. The number of carbonyl (C=O) groups excluding carboxylic acids is 1. The third kappa shape index (κ3) is 7.18. The second-order valence-electron chi connectivity index (χ2n) is 7.11. The van der Waals surface area contributed by atoms with Gasteiger partial charge in [-0.3, -0.25) is 4.79 Å². The summed E-state index contributed by atoms with van der Waals surface area (Å²) in [7, 11) is -5.90. The molecule has 0 aliphatic heterocycles. The lowest BCUT2D eigenvalue weighted by Crippen LogP contribution is -2.44. The van der Waals surface area contributed by atoms with Gasteiger partial charge in [0.15, 0.2) is 0 Å². The molecule has 11 heteroatoms. The Morgan fingerprint density at radius 1 is 0.969 bits per heavy atom. The number of carbonyl (C=O) groups is 1. The first-order chi connectivity index (χ1) is 15.2. The van der Waals surface area contributed by atoms with Crippen molar-refractivity contribution in [2.75, 3.05) is 4.31 Å². The lowest BCUT2D eigenvalue weighted by atomic mass is 10.1. The minimum absolute atomic E-state index is 0.00929. The minimum Gasteiger partial charge on any atom is -0.424 e. The molecule has 2 rings (SSSR count). The number of aromatic nitrogens is 2. The fourth-order valence-corrected chi connectivity index (χ4v) is 3.91. The number of hydrogen-bond acceptors (Lipinski definition) is 6. The number of anilines is 1. The maximum atomic E-state index is 13.2. The number of amides is 1. The molecule has 1 amide bonds. The highest BCUT2D eigenvalue weighted by atomic mass is 32.2. The van der Waals surface area contributed by atoms with Crippen LogP contribution in [0.25, 0.3) is 0 Å². The molecule has 0 atom stereocenters. The molecule has 176 valence electrons. The van der Waals surface area contributed by atoms with Crippen LogP contribution >= 0.6 is 0 Å². The van der Waals surface area contributed by atoms with Crippen LogP contribution in [0.1, 0.15) is 58.3 Å². The number of ether oxygens (including phenoxy) is 1. The van der Waals surface area contributed by atoms with Gasteiger partial charge in [-0.05, 0) is 36.8 Å². The maximum absolute atomic E-state index is 13.2. The van der Waals surface area contributed by atoms with Gasteiger partial charge in [-0.2, -0.15) is 25.9 Å². The van der Waals surface area contributed by atoms with Crippen molar-refractivity contribution in [2.45, 2.75) is 63.8 Å². The molecular formula is C21H26F3N3O4S. The van der Waals surface area contributed by atoms with Gasteiger partial charge >= 0.3 is 21.5 Å². The Kier molecular flexibility index (Phi) is 9.42. The van der Waals surface area contributed by atoms with Gasteiger partial charge in [0.05, 0.1) is 5.69 Å². The smallest absolute Gasteiger partial charge is 0.424 e. The zero-order valence-electron chi connectivity index (χ0n) is 17.7. The van der Waals surface area contributed by atoms with E-state index >= 15 is 0 Å². The highest BCUT2D eigenvalue weighted by Gasteiger charge is 2.52. The van der Waals surface area contributed by atoms with Crippen LogP contribution in [0.2, 0.25) is 0 Å². The summed E-state index contributed by atoms with van der Waals surface area (Å²) in [5, 5.41) is 0. The van der Waals surface area contributed by atoms with Gasteiger partial charge in [-0.15, -0.1) is 0 Å². The minimum atomic E-state index is -5.90. The number of rotatable bonds is 12. The van der Waals surface area contributed by atoms with Crippen molar-refractivity contribution < 1.29 is 31.1 Å². The average Bonchev–Trinajstić information content (AvgIpc) is 2.74. The molecule has 0 saturated carbocycles. The van der Waals surface area contributed by atoms with Crippen molar-refractivity contribution >= 4 is 21.6 Å². The summed E-state index contributed by atoms with van der Waals surface area (Å²) in [6, 6.07) is 6.22. The van der Waals surface area contributed by atoms with Gasteiger partial charge in [0.2, 0.25) is 5.91 Å². The zero-order valence-corrected chi connectivity index (χ0v) is 18.5. The lowest BCUT2D eigenvalue weighted by Gasteiger charge is -2.23. The van der Waals surface area contributed by atoms with Crippen LogP contribution in [0.15, 0.2) is 42.7 Å². The van der Waals surface area contributed by atoms with Crippen LogP contribution in [-0.2, 0) is 14.8 Å². The molecular weight excluding hydrogens is 447 g/mol. The molecule has 0 fully saturated rings. The molecule has 32 heavy (non-hydrogen) atoms. The predicted octanol–water partition coefficient (Wildman–Crippen LogP) is 5.59. The molecule has 0 spiro atoms. The number of halogens is 3. The standard InChI is InChI=1S/C21H26F3N3O4S/c1-2-3-4-5-6-7-8-10-19(28)27(32(29,30)21(22,23)24)17-11-13-18(14-12-17)31-20-25-15-9-16-26-20/h9,11-16H,2-8,10H2,1H3. The largest absolute Gasteiger partial charge is 0.517 e. The molecule has 0 saturated heterocycles. The maximum Gasteiger partial charge on any atom is 0.517 e. The first-order valence-electron chi connectivity index (χ1n) is 10.4. The van der Waals surface area contributed by atoms with Crippen molar-refractivity contribution in [2.24, 2.45) is 0 Å². The molecule has 0 aliphatic rings. The third-order valence-corrected chi connectivity index (χ3v) is 6.06. The summed E-state index contributed by atoms with van der Waals surface area (Å²) in [6.45, 7) is 2.09. The summed E-state index contributed by atoms with van der Waals surface area (Å²) in [4.78, 5) is 20.3. The van der Waals surface area contributed by atoms with Crippen LogP contribution in [0.5, 0.6) is 11.8 Å². The molecule has 0 unspecified atom stereocenters. The molecule has 1 aromatic carbocycles. The summed E-state index contributed by atoms with van der Waals surface area (Å²) in [5.41, 5.74) is -6.04. The molecule has 2 aromatic rings. The molecule has 0 bridgehead atoms. The van der Waals surface area contributed by atoms with Crippen molar-refractivity contribution in [1.29, 1.82) is 0 Å². The Morgan fingerprint density at radius 3 is 2.09 bits per heavy atom. The van der Waals surface area contributed by atoms with Crippen LogP contribution in [-0.4, -0.2) is 29.8 Å². The van der Waals surface area contributed by atoms with E-state index in [2.05, 4.69) is 16.9 Å². The molecule has 0 radical (unpaired) electrons. The number of sulfonamides is 1.